The van der Waals surface area contributed by atoms with Gasteiger partial charge in [-0.25, -0.2) is 0 Å². The second-order valence-corrected chi connectivity index (χ2v) is 26.4. The molecule has 3 aromatic carbocycles. The fraction of sp³-hybridized carbons (Fsp3) is 0.425. The van der Waals surface area contributed by atoms with Gasteiger partial charge in [0.2, 0.25) is 71.2 Å². The molecule has 0 saturated carbocycles. The minimum atomic E-state index is -2.51. The van der Waals surface area contributed by atoms with Gasteiger partial charge in [-0.05, 0) is 104 Å². The third-order valence-corrected chi connectivity index (χ3v) is 17.7. The number of amides is 12. The van der Waals surface area contributed by atoms with E-state index in [4.69, 9.17) is 4.74 Å². The first-order chi connectivity index (χ1) is 50.4. The Morgan fingerprint density at radius 2 is 1.28 bits per heavy atom. The average molecular weight is 1470 g/mol. The molecule has 14 atom stereocenters. The number of ether oxygens (including phenoxy) is 1. The first kappa shape index (κ1) is 81.9. The lowest BCUT2D eigenvalue weighted by Gasteiger charge is -2.33. The summed E-state index contributed by atoms with van der Waals surface area (Å²) in [6, 6.07) is 5.52. The van der Waals surface area contributed by atoms with Gasteiger partial charge in [0.25, 0.3) is 5.91 Å². The number of methoxy groups -OCH3 is 1. The summed E-state index contributed by atoms with van der Waals surface area (Å²) in [6.07, 6.45) is -0.935. The Bertz CT molecular complexity index is 4060. The van der Waals surface area contributed by atoms with Crippen LogP contribution in [0, 0.1) is 11.8 Å². The van der Waals surface area contributed by atoms with Gasteiger partial charge in [-0.1, -0.05) is 107 Å². The molecule has 0 radical (unpaired) electrons. The molecule has 2 aromatic heterocycles. The second kappa shape index (κ2) is 38.4. The Labute approximate surface area is 610 Å². The van der Waals surface area contributed by atoms with Gasteiger partial charge >= 0.3 is 5.97 Å². The number of fused-ring (bicyclic) bond motifs is 2. The number of carboxylic acid groups (broad SMARTS) is 1. The highest BCUT2D eigenvalue weighted by Crippen LogP contribution is 2.27. The second-order valence-electron chi connectivity index (χ2n) is 26.4. The Morgan fingerprint density at radius 1 is 0.651 bits per heavy atom. The number of pyridine rings is 1. The molecule has 2 aliphatic heterocycles. The lowest BCUT2D eigenvalue weighted by Crippen LogP contribution is -2.64. The summed E-state index contributed by atoms with van der Waals surface area (Å²) in [5.41, 5.74) is 2.05. The number of nitrogens with one attached hydrogen (secondary N) is 12. The molecule has 0 bridgehead atoms. The minimum Gasteiger partial charge on any atom is -0.497 e. The van der Waals surface area contributed by atoms with Crippen molar-refractivity contribution in [3.63, 3.8) is 0 Å². The Morgan fingerprint density at radius 3 is 1.95 bits per heavy atom. The number of aromatic nitrogens is 2. The van der Waals surface area contributed by atoms with Crippen LogP contribution in [0.15, 0.2) is 116 Å². The summed E-state index contributed by atoms with van der Waals surface area (Å²) < 4.78 is 5.30. The molecule has 568 valence electrons. The van der Waals surface area contributed by atoms with Crippen molar-refractivity contribution in [3.05, 3.63) is 143 Å². The van der Waals surface area contributed by atoms with E-state index in [1.807, 2.05) is 0 Å². The first-order valence-corrected chi connectivity index (χ1v) is 34.4. The van der Waals surface area contributed by atoms with E-state index in [9.17, 15) is 78.3 Å². The van der Waals surface area contributed by atoms with Gasteiger partial charge in [-0.15, -0.1) is 0 Å². The summed E-state index contributed by atoms with van der Waals surface area (Å²) in [5, 5.41) is 84.2. The van der Waals surface area contributed by atoms with Gasteiger partial charge < -0.3 is 98.6 Å². The lowest BCUT2D eigenvalue weighted by molar-refractivity contribution is -0.145. The number of hydrogen-bond acceptors (Lipinski definition) is 19. The van der Waals surface area contributed by atoms with Gasteiger partial charge in [0.15, 0.2) is 0 Å². The Kier molecular flexibility index (Phi) is 29.6. The van der Waals surface area contributed by atoms with Crippen LogP contribution >= 0.6 is 0 Å². The highest BCUT2D eigenvalue weighted by molar-refractivity contribution is 6.01. The van der Waals surface area contributed by atoms with Crippen LogP contribution in [0.5, 0.6) is 5.75 Å². The standard InChI is InChI=1S/C73H92N14O19/c1-9-17-41-20-15-30-74-47(41)28-29-53(88)82-56-39(6)77-69(101)57(60(92)38(4)5)84-65(97)49(32-37(2)3)81-71(103)72(104)86-66(98)50(33-44-35-75-48-22-14-13-21-46(44)48)80-70(102)58(61(93)43-24-26-45(106-8)27-25-43)85-67(99)52-23-16-31-87(52)73(105)59(62(94)42-18-11-10-12-19-42)83-54(89)36-76-64(96)51(34-55(90)91)79-63(95)40(7)78-68(56)100/h9-15,17-22,24-30,35,37-40,49-52,56-62,72,75,92-94,104H,16,23,31-34,36H2,1-8H3,(H,76,96)(H,77,101)(H,78,100)(H,79,95)(H,80,102)(H,81,103)(H,82,88)(H,83,89)(H,84,97)(H,85,99)(H,86,98)(H,90,91)/b17-9-,29-28+. The number of H-pyrrole nitrogens is 1. The molecular formula is C73H92N14O19. The predicted molar refractivity (Wildman–Crippen MR) is 383 cm³/mol. The maximum absolute atomic E-state index is 15.1. The highest BCUT2D eigenvalue weighted by atomic mass is 16.5. The molecule has 0 spiro atoms. The number of aliphatic hydroxyl groups is 4. The summed E-state index contributed by atoms with van der Waals surface area (Å²) in [5.74, 6) is -16.5. The number of carboxylic acids is 1. The third-order valence-electron chi connectivity index (χ3n) is 17.7. The zero-order chi connectivity index (χ0) is 77.6. The normalized spacial score (nSPS) is 24.6. The van der Waals surface area contributed by atoms with E-state index < -0.39 is 193 Å². The largest absolute Gasteiger partial charge is 0.497 e. The number of aliphatic hydroxyl groups excluding tert-OH is 4. The van der Waals surface area contributed by atoms with Crippen molar-refractivity contribution in [1.29, 1.82) is 0 Å². The number of allylic oxidation sites excluding steroid dienone is 1. The van der Waals surface area contributed by atoms with Crippen molar-refractivity contribution in [2.75, 3.05) is 20.2 Å². The predicted octanol–water partition coefficient (Wildman–Crippen LogP) is -1.18. The first-order valence-electron chi connectivity index (χ1n) is 34.4. The fourth-order valence-electron chi connectivity index (χ4n) is 11.9. The van der Waals surface area contributed by atoms with E-state index in [0.29, 0.717) is 33.5 Å². The third kappa shape index (κ3) is 22.3. The maximum atomic E-state index is 15.1. The van der Waals surface area contributed by atoms with Crippen LogP contribution in [0.1, 0.15) is 114 Å². The van der Waals surface area contributed by atoms with E-state index in [1.54, 1.807) is 75.4 Å². The van der Waals surface area contributed by atoms with Gasteiger partial charge in [-0.2, -0.15) is 0 Å². The number of aliphatic carboxylic acids is 1. The summed E-state index contributed by atoms with van der Waals surface area (Å²) in [7, 11) is 1.38. The number of carbonyl (C=O) groups excluding carboxylic acids is 12. The molecule has 7 rings (SSSR count). The van der Waals surface area contributed by atoms with E-state index in [-0.39, 0.29) is 36.9 Å². The topological polar surface area (TPSA) is 497 Å². The average Bonchev–Trinajstić information content (AvgIpc) is 1.83. The van der Waals surface area contributed by atoms with Crippen molar-refractivity contribution in [1.82, 2.24) is 73.4 Å². The molecule has 33 nitrogen and oxygen atoms in total. The van der Waals surface area contributed by atoms with Crippen molar-refractivity contribution in [2.24, 2.45) is 11.8 Å². The van der Waals surface area contributed by atoms with Crippen LogP contribution in [-0.2, 0) is 68.7 Å². The number of hydrogen-bond donors (Lipinski definition) is 17. The number of para-hydroxylation sites is 1. The number of carbonyl (C=O) groups is 13. The molecule has 14 unspecified atom stereocenters. The highest BCUT2D eigenvalue weighted by Gasteiger charge is 2.44. The zero-order valence-electron chi connectivity index (χ0n) is 59.7. The molecule has 2 fully saturated rings. The molecule has 106 heavy (non-hydrogen) atoms. The zero-order valence-corrected chi connectivity index (χ0v) is 59.7. The van der Waals surface area contributed by atoms with E-state index >= 15 is 9.59 Å². The van der Waals surface area contributed by atoms with Crippen LogP contribution in [0.3, 0.4) is 0 Å². The number of nitrogens with zero attached hydrogens (tertiary/aromatic N) is 2. The Hall–Kier alpha value is -11.4. The van der Waals surface area contributed by atoms with Crippen molar-refractivity contribution in [2.45, 2.75) is 166 Å². The monoisotopic (exact) mass is 1470 g/mol. The van der Waals surface area contributed by atoms with Gasteiger partial charge in [0.1, 0.15) is 72.3 Å². The van der Waals surface area contributed by atoms with Crippen molar-refractivity contribution in [3.8, 4) is 5.75 Å². The molecule has 33 heteroatoms. The lowest BCUT2D eigenvalue weighted by atomic mass is 9.96. The van der Waals surface area contributed by atoms with Crippen molar-refractivity contribution < 1.29 is 92.6 Å². The van der Waals surface area contributed by atoms with Crippen LogP contribution in [-0.4, -0.2) is 210 Å². The van der Waals surface area contributed by atoms with Crippen LogP contribution in [0.25, 0.3) is 23.1 Å². The van der Waals surface area contributed by atoms with Crippen LogP contribution in [0.2, 0.25) is 0 Å². The molecule has 2 saturated heterocycles. The molecular weight excluding hydrogens is 1380 g/mol. The SMILES string of the molecule is C/C=C\c1cccnc1/C=C/C(=O)NC1C(=O)NC(C)C(=O)NC(CC(=O)O)C(=O)NCC(=O)NC(C(O)c2ccccc2)C(=O)N2CCCC2C(=O)NC(C(O)c2ccc(OC)cc2)C(=O)NC(Cc2c[nH]c3ccccc23)C(=O)NC(O)C(=O)NC(CC(C)C)C(=O)NC(C(O)C(C)C)C(=O)NC1C. The molecule has 12 amide bonds. The fourth-order valence-corrected chi connectivity index (χ4v) is 11.9. The summed E-state index contributed by atoms with van der Waals surface area (Å²) in [6.45, 7) is 9.23. The molecule has 17 N–H and O–H groups in total. The van der Waals surface area contributed by atoms with Gasteiger partial charge in [0.05, 0.1) is 37.9 Å². The van der Waals surface area contributed by atoms with Gasteiger partial charge in [0, 0.05) is 42.3 Å². The summed E-state index contributed by atoms with van der Waals surface area (Å²) in [4.78, 5) is 194. The van der Waals surface area contributed by atoms with E-state index in [2.05, 4.69) is 68.5 Å². The minimum absolute atomic E-state index is 0.0276. The quantitative estimate of drug-likeness (QED) is 0.0488. The number of rotatable bonds is 17. The van der Waals surface area contributed by atoms with Crippen LogP contribution < -0.4 is 63.2 Å². The maximum Gasteiger partial charge on any atom is 0.305 e. The Balaban J connectivity index is 1.29. The summed E-state index contributed by atoms with van der Waals surface area (Å²) >= 11 is 0. The van der Waals surface area contributed by atoms with E-state index in [0.717, 1.165) is 17.9 Å². The molecule has 5 aromatic rings. The molecule has 2 aliphatic rings. The van der Waals surface area contributed by atoms with Gasteiger partial charge in [-0.3, -0.25) is 67.3 Å². The van der Waals surface area contributed by atoms with Crippen molar-refractivity contribution >= 4 is 99.9 Å². The number of benzene rings is 3. The van der Waals surface area contributed by atoms with E-state index in [1.165, 1.54) is 94.9 Å². The molecule has 0 aliphatic carbocycles. The smallest absolute Gasteiger partial charge is 0.305 e. The molecule has 4 heterocycles. The van der Waals surface area contributed by atoms with Crippen LogP contribution in [0.4, 0.5) is 0 Å². The number of aromatic amines is 1.